The van der Waals surface area contributed by atoms with Crippen LogP contribution in [-0.2, 0) is 4.79 Å². The van der Waals surface area contributed by atoms with Gasteiger partial charge in [0.2, 0.25) is 17.7 Å². The van der Waals surface area contributed by atoms with E-state index in [0.29, 0.717) is 34.8 Å². The first-order valence-corrected chi connectivity index (χ1v) is 7.29. The molecule has 0 atom stereocenters. The summed E-state index contributed by atoms with van der Waals surface area (Å²) in [6.45, 7) is 3.47. The number of rotatable bonds is 5. The van der Waals surface area contributed by atoms with Crippen LogP contribution in [0, 0.1) is 0 Å². The first kappa shape index (κ1) is 17.2. The third kappa shape index (κ3) is 3.60. The Balaban J connectivity index is 2.37. The minimum absolute atomic E-state index is 0.0740. The van der Waals surface area contributed by atoms with Crippen molar-refractivity contribution in [3.05, 3.63) is 36.3 Å². The van der Waals surface area contributed by atoms with Gasteiger partial charge in [-0.15, -0.1) is 0 Å². The van der Waals surface area contributed by atoms with Gasteiger partial charge >= 0.3 is 0 Å². The molecule has 2 aromatic rings. The van der Waals surface area contributed by atoms with Gasteiger partial charge in [-0.25, -0.2) is 9.98 Å². The number of nitrogens with two attached hydrogens (primary N) is 1. The molecule has 0 aromatic carbocycles. The highest BCUT2D eigenvalue weighted by Crippen LogP contribution is 2.30. The Kier molecular flexibility index (Phi) is 5.31. The summed E-state index contributed by atoms with van der Waals surface area (Å²) in [4.78, 5) is 19.4. The number of amides is 1. The molecule has 1 amide bonds. The molecule has 0 aliphatic heterocycles. The molecular weight excluding hydrogens is 310 g/mol. The lowest BCUT2D eigenvalue weighted by Crippen LogP contribution is -2.13. The number of aliphatic imine (C=N–C) groups is 1. The number of nitrogens with zero attached hydrogens (tertiary/aromatic N) is 4. The SMILES string of the molecule is CC/C(=C\N=C(/C)n1ncc(-c2ccnc(OC)c2)c1O)C(N)=O. The topological polar surface area (TPSA) is 116 Å². The maximum atomic E-state index is 11.2. The van der Waals surface area contributed by atoms with Crippen LogP contribution in [0.1, 0.15) is 20.3 Å². The van der Waals surface area contributed by atoms with Crippen molar-refractivity contribution in [2.24, 2.45) is 10.7 Å². The number of carbonyl (C=O) groups excluding carboxylic acids is 1. The van der Waals surface area contributed by atoms with Crippen LogP contribution in [0.3, 0.4) is 0 Å². The highest BCUT2D eigenvalue weighted by atomic mass is 16.5. The Morgan fingerprint density at radius 3 is 2.92 bits per heavy atom. The highest BCUT2D eigenvalue weighted by Gasteiger charge is 2.14. The zero-order chi connectivity index (χ0) is 17.7. The van der Waals surface area contributed by atoms with Crippen molar-refractivity contribution in [1.29, 1.82) is 0 Å². The number of ether oxygens (including phenoxy) is 1. The number of hydrogen-bond donors (Lipinski definition) is 2. The zero-order valence-corrected chi connectivity index (χ0v) is 13.7. The minimum Gasteiger partial charge on any atom is -0.493 e. The molecule has 2 heterocycles. The van der Waals surface area contributed by atoms with Crippen LogP contribution in [0.5, 0.6) is 11.8 Å². The van der Waals surface area contributed by atoms with Crippen molar-refractivity contribution in [2.75, 3.05) is 7.11 Å². The fourth-order valence-electron chi connectivity index (χ4n) is 2.03. The minimum atomic E-state index is -0.525. The molecule has 0 saturated carbocycles. The van der Waals surface area contributed by atoms with Crippen LogP contribution in [0.15, 0.2) is 41.3 Å². The quantitative estimate of drug-likeness (QED) is 0.492. The van der Waals surface area contributed by atoms with Gasteiger partial charge in [0, 0.05) is 24.0 Å². The van der Waals surface area contributed by atoms with E-state index in [9.17, 15) is 9.90 Å². The fourth-order valence-corrected chi connectivity index (χ4v) is 2.03. The van der Waals surface area contributed by atoms with Crippen LogP contribution >= 0.6 is 0 Å². The number of aromatic nitrogens is 3. The molecule has 0 saturated heterocycles. The molecule has 0 fully saturated rings. The van der Waals surface area contributed by atoms with Crippen molar-refractivity contribution in [3.8, 4) is 22.9 Å². The summed E-state index contributed by atoms with van der Waals surface area (Å²) < 4.78 is 6.35. The molecule has 0 aliphatic rings. The van der Waals surface area contributed by atoms with Crippen LogP contribution in [0.4, 0.5) is 0 Å². The van der Waals surface area contributed by atoms with Gasteiger partial charge in [0.15, 0.2) is 0 Å². The van der Waals surface area contributed by atoms with E-state index < -0.39 is 5.91 Å². The van der Waals surface area contributed by atoms with Crippen molar-refractivity contribution in [3.63, 3.8) is 0 Å². The predicted molar refractivity (Wildman–Crippen MR) is 89.8 cm³/mol. The van der Waals surface area contributed by atoms with Gasteiger partial charge in [-0.2, -0.15) is 9.78 Å². The molecule has 0 unspecified atom stereocenters. The van der Waals surface area contributed by atoms with Crippen molar-refractivity contribution in [1.82, 2.24) is 14.8 Å². The van der Waals surface area contributed by atoms with Crippen molar-refractivity contribution in [2.45, 2.75) is 20.3 Å². The lowest BCUT2D eigenvalue weighted by molar-refractivity contribution is -0.114. The lowest BCUT2D eigenvalue weighted by Gasteiger charge is -2.04. The van der Waals surface area contributed by atoms with Crippen molar-refractivity contribution >= 4 is 11.7 Å². The van der Waals surface area contributed by atoms with E-state index >= 15 is 0 Å². The third-order valence-corrected chi connectivity index (χ3v) is 3.41. The molecule has 126 valence electrons. The highest BCUT2D eigenvalue weighted by molar-refractivity contribution is 5.92. The van der Waals surface area contributed by atoms with E-state index in [1.807, 2.05) is 6.92 Å². The standard InChI is InChI=1S/C16H19N5O3/c1-4-11(15(17)22)8-19-10(2)21-16(23)13(9-20-21)12-5-6-18-14(7-12)24-3/h5-9,23H,4H2,1-3H3,(H2,17,22)/b11-8+,19-10+. The van der Waals surface area contributed by atoms with Crippen LogP contribution in [-0.4, -0.2) is 38.7 Å². The molecular formula is C16H19N5O3. The molecule has 0 spiro atoms. The van der Waals surface area contributed by atoms with E-state index in [2.05, 4.69) is 15.1 Å². The fraction of sp³-hybridized carbons (Fsp3) is 0.250. The smallest absolute Gasteiger partial charge is 0.246 e. The largest absolute Gasteiger partial charge is 0.493 e. The number of primary amides is 1. The molecule has 24 heavy (non-hydrogen) atoms. The molecule has 0 radical (unpaired) electrons. The van der Waals surface area contributed by atoms with Gasteiger partial charge in [0.05, 0.1) is 18.9 Å². The van der Waals surface area contributed by atoms with Crippen LogP contribution in [0.2, 0.25) is 0 Å². The van der Waals surface area contributed by atoms with E-state index in [0.717, 1.165) is 0 Å². The van der Waals surface area contributed by atoms with Gasteiger partial charge in [0.25, 0.3) is 0 Å². The zero-order valence-electron chi connectivity index (χ0n) is 13.7. The van der Waals surface area contributed by atoms with Gasteiger partial charge in [-0.1, -0.05) is 6.92 Å². The summed E-state index contributed by atoms with van der Waals surface area (Å²) in [6, 6.07) is 3.42. The first-order chi connectivity index (χ1) is 11.5. The number of methoxy groups -OCH3 is 1. The lowest BCUT2D eigenvalue weighted by atomic mass is 10.1. The summed E-state index contributed by atoms with van der Waals surface area (Å²) >= 11 is 0. The van der Waals surface area contributed by atoms with E-state index in [1.165, 1.54) is 24.2 Å². The predicted octanol–water partition coefficient (Wildman–Crippen LogP) is 1.70. The maximum Gasteiger partial charge on any atom is 0.246 e. The van der Waals surface area contributed by atoms with Gasteiger partial charge < -0.3 is 15.6 Å². The van der Waals surface area contributed by atoms with E-state index in [4.69, 9.17) is 10.5 Å². The number of hydrogen-bond acceptors (Lipinski definition) is 6. The molecule has 2 aromatic heterocycles. The second-order valence-electron chi connectivity index (χ2n) is 4.93. The monoisotopic (exact) mass is 329 g/mol. The molecule has 8 heteroatoms. The summed E-state index contributed by atoms with van der Waals surface area (Å²) in [5, 5.41) is 14.5. The average molecular weight is 329 g/mol. The first-order valence-electron chi connectivity index (χ1n) is 7.29. The molecule has 3 N–H and O–H groups in total. The van der Waals surface area contributed by atoms with Gasteiger partial charge in [-0.05, 0) is 25.0 Å². The maximum absolute atomic E-state index is 11.2. The molecule has 2 rings (SSSR count). The summed E-state index contributed by atoms with van der Waals surface area (Å²) in [6.07, 6.45) is 4.95. The van der Waals surface area contributed by atoms with Crippen LogP contribution in [0.25, 0.3) is 11.1 Å². The van der Waals surface area contributed by atoms with Gasteiger partial charge in [-0.3, -0.25) is 4.79 Å². The molecule has 0 aliphatic carbocycles. The second-order valence-corrected chi connectivity index (χ2v) is 4.93. The molecule has 0 bridgehead atoms. The Bertz CT molecular complexity index is 808. The summed E-state index contributed by atoms with van der Waals surface area (Å²) in [5.41, 5.74) is 6.85. The van der Waals surface area contributed by atoms with Crippen molar-refractivity contribution < 1.29 is 14.6 Å². The Morgan fingerprint density at radius 2 is 2.29 bits per heavy atom. The number of carbonyl (C=O) groups is 1. The normalized spacial score (nSPS) is 12.3. The Morgan fingerprint density at radius 1 is 1.54 bits per heavy atom. The third-order valence-electron chi connectivity index (χ3n) is 3.41. The van der Waals surface area contributed by atoms with E-state index in [1.54, 1.807) is 25.3 Å². The van der Waals surface area contributed by atoms with E-state index in [-0.39, 0.29) is 5.88 Å². The Hall–Kier alpha value is -3.16. The Labute approximate surface area is 139 Å². The van der Waals surface area contributed by atoms with Gasteiger partial charge in [0.1, 0.15) is 5.84 Å². The average Bonchev–Trinajstić information content (AvgIpc) is 2.96. The molecule has 8 nitrogen and oxygen atoms in total. The summed E-state index contributed by atoms with van der Waals surface area (Å²) in [5.74, 6) is 0.229. The number of aromatic hydroxyl groups is 1. The number of pyridine rings is 1. The second kappa shape index (κ2) is 7.40. The van der Waals surface area contributed by atoms with Crippen LogP contribution < -0.4 is 10.5 Å². The summed E-state index contributed by atoms with van der Waals surface area (Å²) in [7, 11) is 1.52.